The molecule has 0 spiro atoms. The summed E-state index contributed by atoms with van der Waals surface area (Å²) in [6, 6.07) is 16.7. The molecule has 2 aromatic carbocycles. The van der Waals surface area contributed by atoms with Gasteiger partial charge in [-0.1, -0.05) is 25.1 Å². The molecule has 1 aliphatic heterocycles. The number of aryl methyl sites for hydroxylation is 1. The minimum Gasteiger partial charge on any atom is -0.372 e. The van der Waals surface area contributed by atoms with E-state index in [4.69, 9.17) is 12.2 Å². The number of nitrogens with zero attached hydrogens (tertiary/aromatic N) is 1. The minimum atomic E-state index is 0.615. The lowest BCUT2D eigenvalue weighted by molar-refractivity contribution is 0.438. The second kappa shape index (κ2) is 7.67. The lowest BCUT2D eigenvalue weighted by Gasteiger charge is -2.32. The van der Waals surface area contributed by atoms with Crippen LogP contribution in [0.4, 0.5) is 17.1 Å². The molecule has 0 unspecified atom stereocenters. The monoisotopic (exact) mass is 339 g/mol. The fraction of sp³-hybridized carbons (Fsp3) is 0.350. The molecule has 0 amide bonds. The maximum absolute atomic E-state index is 5.42. The number of para-hydroxylation sites is 1. The molecule has 2 N–H and O–H groups in total. The summed E-state index contributed by atoms with van der Waals surface area (Å²) in [7, 11) is 0. The average molecular weight is 340 g/mol. The number of thiocarbonyl (C=S) groups is 1. The third kappa shape index (κ3) is 4.26. The van der Waals surface area contributed by atoms with E-state index in [2.05, 4.69) is 59.7 Å². The highest BCUT2D eigenvalue weighted by Crippen LogP contribution is 2.24. The summed E-state index contributed by atoms with van der Waals surface area (Å²) in [4.78, 5) is 2.47. The summed E-state index contributed by atoms with van der Waals surface area (Å²) in [5.74, 6) is 0.854. The van der Waals surface area contributed by atoms with E-state index < -0.39 is 0 Å². The predicted octanol–water partition coefficient (Wildman–Crippen LogP) is 5.04. The van der Waals surface area contributed by atoms with E-state index in [-0.39, 0.29) is 0 Å². The normalized spacial score (nSPS) is 15.2. The van der Waals surface area contributed by atoms with Crippen LogP contribution in [0.15, 0.2) is 48.5 Å². The standard InChI is InChI=1S/C20H25N3S/c1-15-11-13-23(14-12-15)18-9-7-17(8-10-18)21-20(24)22-19-6-4-3-5-16(19)2/h3-10,15H,11-14H2,1-2H3,(H2,21,22,24). The second-order valence-electron chi connectivity index (χ2n) is 6.61. The maximum atomic E-state index is 5.42. The zero-order valence-electron chi connectivity index (χ0n) is 14.4. The van der Waals surface area contributed by atoms with Gasteiger partial charge in [-0.15, -0.1) is 0 Å². The molecule has 0 radical (unpaired) electrons. The van der Waals surface area contributed by atoms with Gasteiger partial charge in [0.2, 0.25) is 0 Å². The quantitative estimate of drug-likeness (QED) is 0.766. The Morgan fingerprint density at radius 3 is 2.33 bits per heavy atom. The van der Waals surface area contributed by atoms with E-state index in [0.717, 1.165) is 30.4 Å². The summed E-state index contributed by atoms with van der Waals surface area (Å²) in [6.07, 6.45) is 2.56. The van der Waals surface area contributed by atoms with Gasteiger partial charge in [0, 0.05) is 30.2 Å². The molecule has 3 rings (SSSR count). The number of piperidine rings is 1. The van der Waals surface area contributed by atoms with Crippen LogP contribution < -0.4 is 15.5 Å². The Hall–Kier alpha value is -2.07. The highest BCUT2D eigenvalue weighted by Gasteiger charge is 2.15. The molecule has 0 atom stereocenters. The van der Waals surface area contributed by atoms with Crippen LogP contribution in [0, 0.1) is 12.8 Å². The van der Waals surface area contributed by atoms with E-state index >= 15 is 0 Å². The van der Waals surface area contributed by atoms with Crippen molar-refractivity contribution in [1.29, 1.82) is 0 Å². The van der Waals surface area contributed by atoms with Crippen molar-refractivity contribution in [2.24, 2.45) is 5.92 Å². The molecule has 1 aliphatic rings. The van der Waals surface area contributed by atoms with Crippen LogP contribution >= 0.6 is 12.2 Å². The van der Waals surface area contributed by atoms with Crippen molar-refractivity contribution in [3.05, 3.63) is 54.1 Å². The van der Waals surface area contributed by atoms with Gasteiger partial charge in [-0.05, 0) is 73.8 Å². The molecular formula is C20H25N3S. The van der Waals surface area contributed by atoms with Crippen molar-refractivity contribution in [2.45, 2.75) is 26.7 Å². The first-order chi connectivity index (χ1) is 11.6. The van der Waals surface area contributed by atoms with Gasteiger partial charge in [0.1, 0.15) is 0 Å². The van der Waals surface area contributed by atoms with Gasteiger partial charge >= 0.3 is 0 Å². The average Bonchev–Trinajstić information content (AvgIpc) is 2.58. The largest absolute Gasteiger partial charge is 0.372 e. The number of anilines is 3. The number of hydrogen-bond acceptors (Lipinski definition) is 2. The van der Waals surface area contributed by atoms with Gasteiger partial charge in [0.05, 0.1) is 0 Å². The molecule has 0 saturated carbocycles. The smallest absolute Gasteiger partial charge is 0.175 e. The van der Waals surface area contributed by atoms with E-state index in [1.807, 2.05) is 18.2 Å². The van der Waals surface area contributed by atoms with Crippen molar-refractivity contribution in [1.82, 2.24) is 0 Å². The zero-order chi connectivity index (χ0) is 16.9. The first kappa shape index (κ1) is 16.8. The molecule has 1 heterocycles. The molecule has 24 heavy (non-hydrogen) atoms. The Morgan fingerprint density at radius 1 is 1.00 bits per heavy atom. The lowest BCUT2D eigenvalue weighted by Crippen LogP contribution is -2.32. The maximum Gasteiger partial charge on any atom is 0.175 e. The summed E-state index contributed by atoms with van der Waals surface area (Å²) < 4.78 is 0. The second-order valence-corrected chi connectivity index (χ2v) is 7.02. The zero-order valence-corrected chi connectivity index (χ0v) is 15.2. The minimum absolute atomic E-state index is 0.615. The number of hydrogen-bond donors (Lipinski definition) is 2. The fourth-order valence-corrected chi connectivity index (χ4v) is 3.25. The van der Waals surface area contributed by atoms with Gasteiger partial charge in [0.25, 0.3) is 0 Å². The molecule has 0 aromatic heterocycles. The van der Waals surface area contributed by atoms with Crippen LogP contribution in [-0.2, 0) is 0 Å². The molecule has 3 nitrogen and oxygen atoms in total. The van der Waals surface area contributed by atoms with Gasteiger partial charge < -0.3 is 15.5 Å². The van der Waals surface area contributed by atoms with Crippen LogP contribution in [0.25, 0.3) is 0 Å². The van der Waals surface area contributed by atoms with E-state index in [9.17, 15) is 0 Å². The SMILES string of the molecule is Cc1ccccc1NC(=S)Nc1ccc(N2CCC(C)CC2)cc1. The van der Waals surface area contributed by atoms with Crippen LogP contribution in [0.5, 0.6) is 0 Å². The number of nitrogens with one attached hydrogen (secondary N) is 2. The molecule has 0 aliphatic carbocycles. The lowest BCUT2D eigenvalue weighted by atomic mass is 9.99. The third-order valence-electron chi connectivity index (χ3n) is 4.67. The summed E-state index contributed by atoms with van der Waals surface area (Å²) in [5, 5.41) is 7.12. The molecule has 2 aromatic rings. The Balaban J connectivity index is 1.58. The number of rotatable bonds is 3. The van der Waals surface area contributed by atoms with Crippen molar-refractivity contribution in [3.63, 3.8) is 0 Å². The third-order valence-corrected chi connectivity index (χ3v) is 4.87. The first-order valence-electron chi connectivity index (χ1n) is 8.60. The predicted molar refractivity (Wildman–Crippen MR) is 108 cm³/mol. The van der Waals surface area contributed by atoms with Gasteiger partial charge in [-0.2, -0.15) is 0 Å². The van der Waals surface area contributed by atoms with E-state index in [1.54, 1.807) is 0 Å². The van der Waals surface area contributed by atoms with Gasteiger partial charge in [-0.25, -0.2) is 0 Å². The molecule has 4 heteroatoms. The van der Waals surface area contributed by atoms with E-state index in [0.29, 0.717) is 5.11 Å². The topological polar surface area (TPSA) is 27.3 Å². The van der Waals surface area contributed by atoms with Crippen LogP contribution in [0.2, 0.25) is 0 Å². The van der Waals surface area contributed by atoms with Crippen LogP contribution in [0.3, 0.4) is 0 Å². The van der Waals surface area contributed by atoms with Crippen molar-refractivity contribution < 1.29 is 0 Å². The highest BCUT2D eigenvalue weighted by molar-refractivity contribution is 7.80. The van der Waals surface area contributed by atoms with Crippen molar-refractivity contribution in [3.8, 4) is 0 Å². The van der Waals surface area contributed by atoms with Gasteiger partial charge in [-0.3, -0.25) is 0 Å². The molecule has 126 valence electrons. The van der Waals surface area contributed by atoms with Crippen LogP contribution in [-0.4, -0.2) is 18.2 Å². The number of benzene rings is 2. The Bertz CT molecular complexity index is 688. The van der Waals surface area contributed by atoms with Crippen molar-refractivity contribution in [2.75, 3.05) is 28.6 Å². The molecule has 0 bridgehead atoms. The Labute approximate surface area is 150 Å². The first-order valence-corrected chi connectivity index (χ1v) is 9.01. The highest BCUT2D eigenvalue weighted by atomic mass is 32.1. The molecule has 1 saturated heterocycles. The van der Waals surface area contributed by atoms with Crippen molar-refractivity contribution >= 4 is 34.4 Å². The van der Waals surface area contributed by atoms with E-state index in [1.165, 1.54) is 24.1 Å². The Kier molecular flexibility index (Phi) is 5.36. The molecular weight excluding hydrogens is 314 g/mol. The van der Waals surface area contributed by atoms with Gasteiger partial charge in [0.15, 0.2) is 5.11 Å². The Morgan fingerprint density at radius 2 is 1.67 bits per heavy atom. The fourth-order valence-electron chi connectivity index (χ4n) is 3.02. The van der Waals surface area contributed by atoms with Crippen LogP contribution in [0.1, 0.15) is 25.3 Å². The molecule has 1 fully saturated rings. The summed E-state index contributed by atoms with van der Waals surface area (Å²) >= 11 is 5.42. The summed E-state index contributed by atoms with van der Waals surface area (Å²) in [5.41, 5.74) is 4.52. The summed E-state index contributed by atoms with van der Waals surface area (Å²) in [6.45, 7) is 6.72.